The smallest absolute Gasteiger partial charge is 0.127 e. The van der Waals surface area contributed by atoms with E-state index in [1.807, 2.05) is 18.5 Å². The molecule has 3 aromatic rings. The maximum Gasteiger partial charge on any atom is 0.127 e. The van der Waals surface area contributed by atoms with Crippen LogP contribution < -0.4 is 5.32 Å². The van der Waals surface area contributed by atoms with Crippen molar-refractivity contribution < 1.29 is 4.74 Å². The van der Waals surface area contributed by atoms with E-state index in [-0.39, 0.29) is 6.04 Å². The molecular formula is C20H21N3O. The number of nitrogens with zero attached hydrogens (tertiary/aromatic N) is 2. The van der Waals surface area contributed by atoms with Crippen LogP contribution >= 0.6 is 0 Å². The van der Waals surface area contributed by atoms with E-state index >= 15 is 0 Å². The molecule has 3 heterocycles. The number of aromatic nitrogens is 2. The molecule has 0 spiro atoms. The van der Waals surface area contributed by atoms with Crippen LogP contribution in [0.15, 0.2) is 54.9 Å². The van der Waals surface area contributed by atoms with Gasteiger partial charge in [-0.05, 0) is 48.7 Å². The van der Waals surface area contributed by atoms with Crippen LogP contribution in [0.3, 0.4) is 0 Å². The largest absolute Gasteiger partial charge is 0.379 e. The normalized spacial score (nSPS) is 20.4. The van der Waals surface area contributed by atoms with Crippen LogP contribution in [0.5, 0.6) is 0 Å². The molecule has 2 aromatic heterocycles. The first-order chi connectivity index (χ1) is 11.8. The summed E-state index contributed by atoms with van der Waals surface area (Å²) >= 11 is 0. The summed E-state index contributed by atoms with van der Waals surface area (Å²) in [7, 11) is 0. The first-order valence-corrected chi connectivity index (χ1v) is 8.39. The van der Waals surface area contributed by atoms with Crippen LogP contribution in [-0.2, 0) is 11.2 Å². The molecule has 1 fully saturated rings. The number of hydrogen-bond donors (Lipinski definition) is 1. The summed E-state index contributed by atoms with van der Waals surface area (Å²) in [5.41, 5.74) is 3.58. The molecular weight excluding hydrogens is 298 g/mol. The molecule has 0 amide bonds. The highest BCUT2D eigenvalue weighted by Gasteiger charge is 2.28. The van der Waals surface area contributed by atoms with E-state index in [2.05, 4.69) is 53.6 Å². The van der Waals surface area contributed by atoms with Crippen LogP contribution in [0.2, 0.25) is 0 Å². The minimum Gasteiger partial charge on any atom is -0.379 e. The van der Waals surface area contributed by atoms with E-state index in [0.29, 0.717) is 5.92 Å². The Morgan fingerprint density at radius 2 is 1.96 bits per heavy atom. The van der Waals surface area contributed by atoms with E-state index in [1.54, 1.807) is 0 Å². The van der Waals surface area contributed by atoms with Crippen molar-refractivity contribution in [2.75, 3.05) is 18.5 Å². The number of hydrogen-bond acceptors (Lipinski definition) is 4. The number of para-hydroxylation sites is 1. The van der Waals surface area contributed by atoms with Gasteiger partial charge in [0.1, 0.15) is 5.82 Å². The Balaban J connectivity index is 1.53. The molecule has 24 heavy (non-hydrogen) atoms. The summed E-state index contributed by atoms with van der Waals surface area (Å²) in [6, 6.07) is 14.8. The highest BCUT2D eigenvalue weighted by atomic mass is 16.5. The minimum absolute atomic E-state index is 0.284. The molecule has 0 saturated carbocycles. The number of fused-ring (bicyclic) bond motifs is 1. The molecule has 0 bridgehead atoms. The second-order valence-corrected chi connectivity index (χ2v) is 6.45. The van der Waals surface area contributed by atoms with Crippen molar-refractivity contribution in [3.05, 3.63) is 66.0 Å². The SMILES string of the molecule is Cc1cc(N[C@@H]2COC[C@H]2Cc2ccncc2)nc2ccccc12. The van der Waals surface area contributed by atoms with Crippen molar-refractivity contribution in [2.45, 2.75) is 19.4 Å². The number of pyridine rings is 2. The zero-order valence-electron chi connectivity index (χ0n) is 13.8. The van der Waals surface area contributed by atoms with Gasteiger partial charge in [-0.25, -0.2) is 4.98 Å². The molecule has 1 aromatic carbocycles. The van der Waals surface area contributed by atoms with Gasteiger partial charge in [-0.15, -0.1) is 0 Å². The molecule has 4 heteroatoms. The fourth-order valence-electron chi connectivity index (χ4n) is 3.39. The average Bonchev–Trinajstić information content (AvgIpc) is 3.03. The summed E-state index contributed by atoms with van der Waals surface area (Å²) in [4.78, 5) is 8.85. The van der Waals surface area contributed by atoms with Crippen molar-refractivity contribution in [3.63, 3.8) is 0 Å². The summed E-state index contributed by atoms with van der Waals surface area (Å²) in [6.07, 6.45) is 4.69. The lowest BCUT2D eigenvalue weighted by Gasteiger charge is -2.20. The topological polar surface area (TPSA) is 47.0 Å². The van der Waals surface area contributed by atoms with Crippen LogP contribution in [0, 0.1) is 12.8 Å². The monoisotopic (exact) mass is 319 g/mol. The van der Waals surface area contributed by atoms with Crippen molar-refractivity contribution in [3.8, 4) is 0 Å². The lowest BCUT2D eigenvalue weighted by atomic mass is 9.95. The van der Waals surface area contributed by atoms with Crippen LogP contribution in [0.4, 0.5) is 5.82 Å². The Bertz CT molecular complexity index is 835. The second kappa shape index (κ2) is 6.57. The Kier molecular flexibility index (Phi) is 4.13. The van der Waals surface area contributed by atoms with Gasteiger partial charge in [0.15, 0.2) is 0 Å². The van der Waals surface area contributed by atoms with Crippen molar-refractivity contribution in [2.24, 2.45) is 5.92 Å². The fourth-order valence-corrected chi connectivity index (χ4v) is 3.39. The lowest BCUT2D eigenvalue weighted by molar-refractivity contribution is 0.185. The van der Waals surface area contributed by atoms with Gasteiger partial charge in [-0.3, -0.25) is 4.98 Å². The first kappa shape index (κ1) is 15.1. The molecule has 1 saturated heterocycles. The van der Waals surface area contributed by atoms with Crippen molar-refractivity contribution in [1.29, 1.82) is 0 Å². The first-order valence-electron chi connectivity index (χ1n) is 8.39. The third-order valence-corrected chi connectivity index (χ3v) is 4.70. The zero-order chi connectivity index (χ0) is 16.4. The zero-order valence-corrected chi connectivity index (χ0v) is 13.8. The summed E-state index contributed by atoms with van der Waals surface area (Å²) in [5.74, 6) is 1.38. The summed E-state index contributed by atoms with van der Waals surface area (Å²) < 4.78 is 5.73. The molecule has 4 rings (SSSR count). The van der Waals surface area contributed by atoms with E-state index < -0.39 is 0 Å². The third kappa shape index (κ3) is 3.10. The highest BCUT2D eigenvalue weighted by molar-refractivity contribution is 5.83. The van der Waals surface area contributed by atoms with Gasteiger partial charge >= 0.3 is 0 Å². The molecule has 2 atom stereocenters. The van der Waals surface area contributed by atoms with Crippen LogP contribution in [0.25, 0.3) is 10.9 Å². The number of ether oxygens (including phenoxy) is 1. The molecule has 0 unspecified atom stereocenters. The van der Waals surface area contributed by atoms with E-state index in [0.717, 1.165) is 31.0 Å². The minimum atomic E-state index is 0.284. The van der Waals surface area contributed by atoms with E-state index in [4.69, 9.17) is 9.72 Å². The second-order valence-electron chi connectivity index (χ2n) is 6.45. The Morgan fingerprint density at radius 1 is 1.12 bits per heavy atom. The molecule has 4 nitrogen and oxygen atoms in total. The molecule has 1 N–H and O–H groups in total. The van der Waals surface area contributed by atoms with E-state index in [1.165, 1.54) is 16.5 Å². The number of benzene rings is 1. The predicted molar refractivity (Wildman–Crippen MR) is 96.1 cm³/mol. The van der Waals surface area contributed by atoms with Gasteiger partial charge < -0.3 is 10.1 Å². The number of rotatable bonds is 4. The van der Waals surface area contributed by atoms with Crippen LogP contribution in [0.1, 0.15) is 11.1 Å². The van der Waals surface area contributed by atoms with E-state index in [9.17, 15) is 0 Å². The van der Waals surface area contributed by atoms with Gasteiger partial charge in [0, 0.05) is 23.7 Å². The molecule has 1 aliphatic rings. The molecule has 122 valence electrons. The van der Waals surface area contributed by atoms with Gasteiger partial charge in [0.25, 0.3) is 0 Å². The maximum absolute atomic E-state index is 5.73. The molecule has 0 aliphatic carbocycles. The summed E-state index contributed by atoms with van der Waals surface area (Å²) in [5, 5.41) is 4.80. The summed E-state index contributed by atoms with van der Waals surface area (Å²) in [6.45, 7) is 3.64. The standard InChI is InChI=1S/C20H21N3O/c1-14-10-20(22-18-5-3-2-4-17(14)18)23-19-13-24-12-16(19)11-15-6-8-21-9-7-15/h2-10,16,19H,11-13H2,1H3,(H,22,23)/t16-,19-/m1/s1. The molecule has 1 aliphatic heterocycles. The highest BCUT2D eigenvalue weighted by Crippen LogP contribution is 2.25. The predicted octanol–water partition coefficient (Wildman–Crippen LogP) is 3.61. The van der Waals surface area contributed by atoms with Gasteiger partial charge in [0.05, 0.1) is 24.8 Å². The van der Waals surface area contributed by atoms with Crippen molar-refractivity contribution >= 4 is 16.7 Å². The Morgan fingerprint density at radius 3 is 2.83 bits per heavy atom. The molecule has 0 radical (unpaired) electrons. The fraction of sp³-hybridized carbons (Fsp3) is 0.300. The third-order valence-electron chi connectivity index (χ3n) is 4.70. The van der Waals surface area contributed by atoms with Gasteiger partial charge in [-0.1, -0.05) is 18.2 Å². The maximum atomic E-state index is 5.73. The van der Waals surface area contributed by atoms with Gasteiger partial charge in [0.2, 0.25) is 0 Å². The lowest BCUT2D eigenvalue weighted by Crippen LogP contribution is -2.29. The van der Waals surface area contributed by atoms with Gasteiger partial charge in [-0.2, -0.15) is 0 Å². The van der Waals surface area contributed by atoms with Crippen LogP contribution in [-0.4, -0.2) is 29.2 Å². The number of anilines is 1. The average molecular weight is 319 g/mol. The number of aryl methyl sites for hydroxylation is 1. The van der Waals surface area contributed by atoms with Crippen molar-refractivity contribution in [1.82, 2.24) is 9.97 Å². The number of nitrogens with one attached hydrogen (secondary N) is 1. The Labute approximate surface area is 141 Å². The quantitative estimate of drug-likeness (QED) is 0.798. The Hall–Kier alpha value is -2.46.